The quantitative estimate of drug-likeness (QED) is 0.633. The molecule has 158 valence electrons. The molecule has 1 aliphatic rings. The van der Waals surface area contributed by atoms with Crippen molar-refractivity contribution in [1.29, 1.82) is 0 Å². The van der Waals surface area contributed by atoms with Gasteiger partial charge < -0.3 is 20.5 Å². The zero-order chi connectivity index (χ0) is 21.4. The van der Waals surface area contributed by atoms with Crippen molar-refractivity contribution in [2.45, 2.75) is 33.4 Å². The lowest BCUT2D eigenvalue weighted by Gasteiger charge is -2.29. The number of aryl methyl sites for hydroxylation is 3. The number of nitrogens with zero attached hydrogens (tertiary/aromatic N) is 3. The minimum atomic E-state index is -0.276. The number of aromatic nitrogens is 2. The molecule has 4 rings (SSSR count). The molecule has 0 radical (unpaired) electrons. The average Bonchev–Trinajstić information content (AvgIpc) is 3.09. The zero-order valence-electron chi connectivity index (χ0n) is 18.0. The van der Waals surface area contributed by atoms with E-state index in [0.29, 0.717) is 17.7 Å². The first-order chi connectivity index (χ1) is 14.4. The molecule has 0 spiro atoms. The lowest BCUT2D eigenvalue weighted by molar-refractivity contribution is 0.571. The third kappa shape index (κ3) is 3.73. The minimum Gasteiger partial charge on any atom is -0.340 e. The first-order valence-corrected chi connectivity index (χ1v) is 10.5. The van der Waals surface area contributed by atoms with E-state index in [2.05, 4.69) is 40.4 Å². The lowest BCUT2D eigenvalue weighted by Crippen LogP contribution is -2.44. The van der Waals surface area contributed by atoms with Gasteiger partial charge in [-0.1, -0.05) is 24.3 Å². The van der Waals surface area contributed by atoms with Crippen LogP contribution in [0.15, 0.2) is 36.9 Å². The van der Waals surface area contributed by atoms with Crippen LogP contribution in [-0.4, -0.2) is 35.7 Å². The van der Waals surface area contributed by atoms with Crippen molar-refractivity contribution >= 4 is 17.0 Å². The SMILES string of the molecule is C=C[C@@H](N)c1cc(C)cc2c1nc(N1CCNCC1)n2Cc1cc(C)c(F)c(C)c1. The Hall–Kier alpha value is -2.70. The molecule has 0 aliphatic carbocycles. The molecule has 3 aromatic rings. The van der Waals surface area contributed by atoms with Crippen LogP contribution in [0.5, 0.6) is 0 Å². The highest BCUT2D eigenvalue weighted by Gasteiger charge is 2.22. The van der Waals surface area contributed by atoms with Gasteiger partial charge in [0.25, 0.3) is 0 Å². The largest absolute Gasteiger partial charge is 0.340 e. The fraction of sp³-hybridized carbons (Fsp3) is 0.375. The summed E-state index contributed by atoms with van der Waals surface area (Å²) in [4.78, 5) is 7.38. The summed E-state index contributed by atoms with van der Waals surface area (Å²) in [5, 5.41) is 3.40. The van der Waals surface area contributed by atoms with Crippen LogP contribution in [-0.2, 0) is 6.54 Å². The molecule has 2 aromatic carbocycles. The van der Waals surface area contributed by atoms with Crippen LogP contribution in [0.4, 0.5) is 10.3 Å². The predicted molar refractivity (Wildman–Crippen MR) is 122 cm³/mol. The summed E-state index contributed by atoms with van der Waals surface area (Å²) in [6.07, 6.45) is 1.75. The lowest BCUT2D eigenvalue weighted by atomic mass is 10.0. The van der Waals surface area contributed by atoms with Gasteiger partial charge in [-0.2, -0.15) is 0 Å². The van der Waals surface area contributed by atoms with Gasteiger partial charge in [0.2, 0.25) is 5.95 Å². The first-order valence-electron chi connectivity index (χ1n) is 10.5. The van der Waals surface area contributed by atoms with Gasteiger partial charge in [0, 0.05) is 31.7 Å². The van der Waals surface area contributed by atoms with Gasteiger partial charge in [0.05, 0.1) is 23.6 Å². The molecule has 1 saturated heterocycles. The Bertz CT molecular complexity index is 1070. The number of hydrogen-bond donors (Lipinski definition) is 2. The minimum absolute atomic E-state index is 0.133. The van der Waals surface area contributed by atoms with Crippen LogP contribution in [0.25, 0.3) is 11.0 Å². The van der Waals surface area contributed by atoms with Crippen LogP contribution in [0.2, 0.25) is 0 Å². The van der Waals surface area contributed by atoms with Crippen LogP contribution in [0.3, 0.4) is 0 Å². The summed E-state index contributed by atoms with van der Waals surface area (Å²) >= 11 is 0. The Morgan fingerprint density at radius 3 is 2.47 bits per heavy atom. The normalized spacial score (nSPS) is 15.6. The maximum atomic E-state index is 14.2. The molecule has 0 unspecified atom stereocenters. The number of halogens is 1. The standard InChI is InChI=1S/C24H30FN5/c1-5-20(26)19-10-15(2)11-21-23(19)28-24(29-8-6-27-7-9-29)30(21)14-18-12-16(3)22(25)17(4)13-18/h5,10-13,20,27H,1,6-9,14,26H2,2-4H3/t20-/m1/s1. The van der Waals surface area contributed by atoms with E-state index >= 15 is 0 Å². The molecule has 1 fully saturated rings. The zero-order valence-corrected chi connectivity index (χ0v) is 18.0. The summed E-state index contributed by atoms with van der Waals surface area (Å²) in [6.45, 7) is 13.9. The van der Waals surface area contributed by atoms with E-state index in [4.69, 9.17) is 10.7 Å². The average molecular weight is 408 g/mol. The Balaban J connectivity index is 1.91. The summed E-state index contributed by atoms with van der Waals surface area (Å²) in [5.41, 5.74) is 12.8. The number of fused-ring (bicyclic) bond motifs is 1. The Morgan fingerprint density at radius 1 is 1.17 bits per heavy atom. The van der Waals surface area contributed by atoms with Gasteiger partial charge >= 0.3 is 0 Å². The Kier molecular flexibility index (Phi) is 5.62. The molecule has 1 aromatic heterocycles. The van der Waals surface area contributed by atoms with Gasteiger partial charge in [-0.3, -0.25) is 0 Å². The predicted octanol–water partition coefficient (Wildman–Crippen LogP) is 3.74. The molecule has 5 nitrogen and oxygen atoms in total. The second kappa shape index (κ2) is 8.20. The van der Waals surface area contributed by atoms with Gasteiger partial charge in [0.15, 0.2) is 0 Å². The number of rotatable bonds is 5. The molecule has 30 heavy (non-hydrogen) atoms. The van der Waals surface area contributed by atoms with Crippen molar-refractivity contribution < 1.29 is 4.39 Å². The fourth-order valence-corrected chi connectivity index (χ4v) is 4.34. The van der Waals surface area contributed by atoms with Gasteiger partial charge in [-0.25, -0.2) is 9.37 Å². The maximum absolute atomic E-state index is 14.2. The van der Waals surface area contributed by atoms with E-state index in [9.17, 15) is 4.39 Å². The Morgan fingerprint density at radius 2 is 1.83 bits per heavy atom. The summed E-state index contributed by atoms with van der Waals surface area (Å²) in [7, 11) is 0. The molecule has 0 saturated carbocycles. The summed E-state index contributed by atoms with van der Waals surface area (Å²) < 4.78 is 16.4. The smallest absolute Gasteiger partial charge is 0.206 e. The van der Waals surface area contributed by atoms with Crippen LogP contribution < -0.4 is 16.0 Å². The van der Waals surface area contributed by atoms with Crippen LogP contribution >= 0.6 is 0 Å². The molecule has 1 aliphatic heterocycles. The summed E-state index contributed by atoms with van der Waals surface area (Å²) in [6, 6.07) is 7.85. The molecule has 6 heteroatoms. The van der Waals surface area contributed by atoms with Crippen molar-refractivity contribution in [2.75, 3.05) is 31.1 Å². The highest BCUT2D eigenvalue weighted by atomic mass is 19.1. The number of piperazine rings is 1. The molecule has 3 N–H and O–H groups in total. The number of hydrogen-bond acceptors (Lipinski definition) is 4. The maximum Gasteiger partial charge on any atom is 0.206 e. The number of anilines is 1. The van der Waals surface area contributed by atoms with E-state index < -0.39 is 0 Å². The number of nitrogens with one attached hydrogen (secondary N) is 1. The Labute approximate surface area is 177 Å². The van der Waals surface area contributed by atoms with Crippen molar-refractivity contribution in [1.82, 2.24) is 14.9 Å². The van der Waals surface area contributed by atoms with E-state index in [1.165, 1.54) is 0 Å². The van der Waals surface area contributed by atoms with Gasteiger partial charge in [-0.15, -0.1) is 6.58 Å². The third-order valence-corrected chi connectivity index (χ3v) is 5.86. The highest BCUT2D eigenvalue weighted by Crippen LogP contribution is 2.31. The van der Waals surface area contributed by atoms with E-state index in [-0.39, 0.29) is 11.9 Å². The van der Waals surface area contributed by atoms with Crippen molar-refractivity contribution in [2.24, 2.45) is 5.73 Å². The van der Waals surface area contributed by atoms with Crippen LogP contribution in [0, 0.1) is 26.6 Å². The van der Waals surface area contributed by atoms with Crippen molar-refractivity contribution in [3.05, 3.63) is 70.6 Å². The number of nitrogens with two attached hydrogens (primary N) is 1. The fourth-order valence-electron chi connectivity index (χ4n) is 4.34. The van der Waals surface area contributed by atoms with Gasteiger partial charge in [0.1, 0.15) is 5.82 Å². The molecule has 1 atom stereocenters. The van der Waals surface area contributed by atoms with E-state index in [1.54, 1.807) is 6.08 Å². The van der Waals surface area contributed by atoms with Crippen molar-refractivity contribution in [3.63, 3.8) is 0 Å². The molecule has 0 amide bonds. The molecular weight excluding hydrogens is 377 g/mol. The van der Waals surface area contributed by atoms with Crippen LogP contribution in [0.1, 0.15) is 33.9 Å². The topological polar surface area (TPSA) is 59.1 Å². The second-order valence-electron chi connectivity index (χ2n) is 8.26. The molecular formula is C24H30FN5. The molecule has 2 heterocycles. The van der Waals surface area contributed by atoms with E-state index in [1.807, 2.05) is 26.0 Å². The first kappa shape index (κ1) is 20.6. The van der Waals surface area contributed by atoms with Crippen molar-refractivity contribution in [3.8, 4) is 0 Å². The highest BCUT2D eigenvalue weighted by molar-refractivity contribution is 5.84. The summed E-state index contributed by atoms with van der Waals surface area (Å²) in [5.74, 6) is 0.806. The molecule has 0 bridgehead atoms. The monoisotopic (exact) mass is 407 g/mol. The number of benzene rings is 2. The number of imidazole rings is 1. The van der Waals surface area contributed by atoms with Gasteiger partial charge in [-0.05, 0) is 49.1 Å². The van der Waals surface area contributed by atoms with E-state index in [0.717, 1.165) is 59.9 Å². The second-order valence-corrected chi connectivity index (χ2v) is 8.26. The third-order valence-electron chi connectivity index (χ3n) is 5.86.